The van der Waals surface area contributed by atoms with E-state index in [1.54, 1.807) is 23.8 Å². The average molecular weight is 368 g/mol. The Hall–Kier alpha value is -2.67. The van der Waals surface area contributed by atoms with E-state index in [2.05, 4.69) is 0 Å². The van der Waals surface area contributed by atoms with Gasteiger partial charge in [-0.25, -0.2) is 4.98 Å². The number of nitrogens with zero attached hydrogens (tertiary/aromatic N) is 4. The lowest BCUT2D eigenvalue weighted by Crippen LogP contribution is -2.29. The number of hydrogen-bond acceptors (Lipinski definition) is 4. The molecule has 0 atom stereocenters. The fourth-order valence-corrected chi connectivity index (χ4v) is 3.81. The highest BCUT2D eigenvalue weighted by Crippen LogP contribution is 2.21. The first-order chi connectivity index (χ1) is 13.1. The molecule has 1 saturated heterocycles. The van der Waals surface area contributed by atoms with Gasteiger partial charge in [-0.3, -0.25) is 14.0 Å². The standard InChI is InChI=1S/C20H24N4O3/c1-14-7-5-10-24-17(14)21-18-15(19(24)25)13-16(23(18)11-6-12-27-2)20(26)22-8-3-4-9-22/h5,7,10,13H,3-4,6,8-9,11-12H2,1-2H3. The van der Waals surface area contributed by atoms with Crippen LogP contribution in [0.1, 0.15) is 35.3 Å². The largest absolute Gasteiger partial charge is 0.385 e. The molecule has 1 fully saturated rings. The van der Waals surface area contributed by atoms with Crippen LogP contribution in [0.5, 0.6) is 0 Å². The Kier molecular flexibility index (Phi) is 4.70. The zero-order chi connectivity index (χ0) is 19.0. The average Bonchev–Trinajstić information content (AvgIpc) is 3.31. The molecule has 7 heteroatoms. The van der Waals surface area contributed by atoms with Crippen LogP contribution < -0.4 is 5.56 Å². The molecule has 4 heterocycles. The second kappa shape index (κ2) is 7.15. The molecule has 3 aromatic heterocycles. The van der Waals surface area contributed by atoms with E-state index in [1.165, 1.54) is 0 Å². The molecule has 142 valence electrons. The van der Waals surface area contributed by atoms with Gasteiger partial charge >= 0.3 is 0 Å². The molecule has 0 radical (unpaired) electrons. The van der Waals surface area contributed by atoms with Crippen LogP contribution in [-0.2, 0) is 11.3 Å². The lowest BCUT2D eigenvalue weighted by molar-refractivity contribution is 0.0781. The molecule has 27 heavy (non-hydrogen) atoms. The molecule has 0 bridgehead atoms. The lowest BCUT2D eigenvalue weighted by Gasteiger charge is -2.17. The van der Waals surface area contributed by atoms with Gasteiger partial charge in [0.2, 0.25) is 0 Å². The van der Waals surface area contributed by atoms with Crippen LogP contribution in [0.3, 0.4) is 0 Å². The van der Waals surface area contributed by atoms with Gasteiger partial charge in [0.25, 0.3) is 11.5 Å². The molecule has 0 aromatic carbocycles. The summed E-state index contributed by atoms with van der Waals surface area (Å²) in [6.45, 7) is 4.64. The molecule has 1 aliphatic heterocycles. The van der Waals surface area contributed by atoms with Crippen molar-refractivity contribution in [1.82, 2.24) is 18.9 Å². The summed E-state index contributed by atoms with van der Waals surface area (Å²) < 4.78 is 8.62. The van der Waals surface area contributed by atoms with Crippen LogP contribution in [0, 0.1) is 6.92 Å². The second-order valence-electron chi connectivity index (χ2n) is 7.07. The van der Waals surface area contributed by atoms with Gasteiger partial charge in [0, 0.05) is 39.5 Å². The molecule has 7 nitrogen and oxygen atoms in total. The normalized spacial score (nSPS) is 14.5. The summed E-state index contributed by atoms with van der Waals surface area (Å²) in [6, 6.07) is 5.48. The molecular weight excluding hydrogens is 344 g/mol. The Morgan fingerprint density at radius 2 is 2.04 bits per heavy atom. The summed E-state index contributed by atoms with van der Waals surface area (Å²) in [5.74, 6) is -0.0203. The highest BCUT2D eigenvalue weighted by Gasteiger charge is 2.25. The summed E-state index contributed by atoms with van der Waals surface area (Å²) in [5.41, 5.74) is 2.53. The maximum absolute atomic E-state index is 13.1. The van der Waals surface area contributed by atoms with Gasteiger partial charge in [-0.05, 0) is 43.9 Å². The Morgan fingerprint density at radius 3 is 2.78 bits per heavy atom. The van der Waals surface area contributed by atoms with Crippen molar-refractivity contribution in [3.8, 4) is 0 Å². The smallest absolute Gasteiger partial charge is 0.270 e. The van der Waals surface area contributed by atoms with E-state index in [1.807, 2.05) is 28.5 Å². The summed E-state index contributed by atoms with van der Waals surface area (Å²) >= 11 is 0. The minimum Gasteiger partial charge on any atom is -0.385 e. The quantitative estimate of drug-likeness (QED) is 0.648. The number of ether oxygens (including phenoxy) is 1. The van der Waals surface area contributed by atoms with Crippen LogP contribution in [-0.4, -0.2) is 51.6 Å². The number of fused-ring (bicyclic) bond motifs is 2. The Balaban J connectivity index is 1.93. The number of methoxy groups -OCH3 is 1. The van der Waals surface area contributed by atoms with Gasteiger partial charge < -0.3 is 14.2 Å². The summed E-state index contributed by atoms with van der Waals surface area (Å²) in [5, 5.41) is 0.484. The molecule has 4 rings (SSSR count). The van der Waals surface area contributed by atoms with Crippen LogP contribution in [0.2, 0.25) is 0 Å². The third kappa shape index (κ3) is 3.02. The van der Waals surface area contributed by atoms with Gasteiger partial charge in [-0.2, -0.15) is 0 Å². The Labute approximate surface area is 157 Å². The number of aryl methyl sites for hydroxylation is 2. The maximum atomic E-state index is 13.1. The van der Waals surface area contributed by atoms with E-state index < -0.39 is 0 Å². The predicted molar refractivity (Wildman–Crippen MR) is 103 cm³/mol. The monoisotopic (exact) mass is 368 g/mol. The fourth-order valence-electron chi connectivity index (χ4n) is 3.81. The molecular formula is C20H24N4O3. The van der Waals surface area contributed by atoms with E-state index in [-0.39, 0.29) is 11.5 Å². The predicted octanol–water partition coefficient (Wildman–Crippen LogP) is 2.23. The van der Waals surface area contributed by atoms with Crippen molar-refractivity contribution in [3.05, 3.63) is 46.0 Å². The first-order valence-corrected chi connectivity index (χ1v) is 9.41. The molecule has 3 aromatic rings. The topological polar surface area (TPSA) is 68.8 Å². The van der Waals surface area contributed by atoms with Crippen molar-refractivity contribution in [1.29, 1.82) is 0 Å². The Bertz CT molecular complexity index is 1060. The molecule has 0 unspecified atom stereocenters. The summed E-state index contributed by atoms with van der Waals surface area (Å²) in [6.07, 6.45) is 4.52. The number of pyridine rings is 1. The third-order valence-corrected chi connectivity index (χ3v) is 5.23. The molecule has 0 N–H and O–H groups in total. The van der Waals surface area contributed by atoms with Crippen molar-refractivity contribution in [2.24, 2.45) is 0 Å². The highest BCUT2D eigenvalue weighted by atomic mass is 16.5. The molecule has 1 aliphatic rings. The number of amides is 1. The second-order valence-corrected chi connectivity index (χ2v) is 7.07. The summed E-state index contributed by atoms with van der Waals surface area (Å²) in [7, 11) is 1.66. The van der Waals surface area contributed by atoms with E-state index in [4.69, 9.17) is 9.72 Å². The van der Waals surface area contributed by atoms with E-state index in [0.29, 0.717) is 35.5 Å². The van der Waals surface area contributed by atoms with E-state index in [9.17, 15) is 9.59 Å². The summed E-state index contributed by atoms with van der Waals surface area (Å²) in [4.78, 5) is 32.7. The van der Waals surface area contributed by atoms with Gasteiger partial charge in [0.05, 0.1) is 5.39 Å². The fraction of sp³-hybridized carbons (Fsp3) is 0.450. The van der Waals surface area contributed by atoms with Gasteiger partial charge in [0.1, 0.15) is 17.0 Å². The van der Waals surface area contributed by atoms with Crippen LogP contribution in [0.25, 0.3) is 16.7 Å². The lowest BCUT2D eigenvalue weighted by atomic mass is 10.3. The van der Waals surface area contributed by atoms with E-state index in [0.717, 1.165) is 37.9 Å². The van der Waals surface area contributed by atoms with Crippen molar-refractivity contribution in [3.63, 3.8) is 0 Å². The third-order valence-electron chi connectivity index (χ3n) is 5.23. The number of likely N-dealkylation sites (tertiary alicyclic amines) is 1. The molecule has 0 aliphatic carbocycles. The SMILES string of the molecule is COCCCn1c(C(=O)N2CCCC2)cc2c(=O)n3cccc(C)c3nc21. The van der Waals surface area contributed by atoms with Crippen molar-refractivity contribution in [2.75, 3.05) is 26.8 Å². The Morgan fingerprint density at radius 1 is 1.26 bits per heavy atom. The van der Waals surface area contributed by atoms with Crippen molar-refractivity contribution >= 4 is 22.6 Å². The van der Waals surface area contributed by atoms with Crippen molar-refractivity contribution < 1.29 is 9.53 Å². The van der Waals surface area contributed by atoms with Crippen molar-refractivity contribution in [2.45, 2.75) is 32.7 Å². The number of carbonyl (C=O) groups excluding carboxylic acids is 1. The number of aromatic nitrogens is 3. The minimum absolute atomic E-state index is 0.0203. The van der Waals surface area contributed by atoms with Crippen LogP contribution >= 0.6 is 0 Å². The van der Waals surface area contributed by atoms with Gasteiger partial charge in [-0.1, -0.05) is 6.07 Å². The molecule has 0 spiro atoms. The van der Waals surface area contributed by atoms with Crippen LogP contribution in [0.15, 0.2) is 29.2 Å². The number of carbonyl (C=O) groups is 1. The number of rotatable bonds is 5. The maximum Gasteiger partial charge on any atom is 0.270 e. The minimum atomic E-state index is -0.139. The number of hydrogen-bond donors (Lipinski definition) is 0. The van der Waals surface area contributed by atoms with Crippen LogP contribution in [0.4, 0.5) is 0 Å². The zero-order valence-electron chi connectivity index (χ0n) is 15.8. The van der Waals surface area contributed by atoms with Gasteiger partial charge in [0.15, 0.2) is 0 Å². The van der Waals surface area contributed by atoms with Gasteiger partial charge in [-0.15, -0.1) is 0 Å². The first-order valence-electron chi connectivity index (χ1n) is 9.41. The zero-order valence-corrected chi connectivity index (χ0v) is 15.8. The molecule has 0 saturated carbocycles. The highest BCUT2D eigenvalue weighted by molar-refractivity contribution is 5.98. The molecule has 1 amide bonds. The van der Waals surface area contributed by atoms with E-state index >= 15 is 0 Å². The first kappa shape index (κ1) is 17.7.